The second kappa shape index (κ2) is 6.04. The van der Waals surface area contributed by atoms with E-state index in [1.165, 1.54) is 30.5 Å². The average Bonchev–Trinajstić information content (AvgIpc) is 3.32. The van der Waals surface area contributed by atoms with Gasteiger partial charge < -0.3 is 15.2 Å². The highest BCUT2D eigenvalue weighted by atomic mass is 19.1. The Labute approximate surface area is 130 Å². The van der Waals surface area contributed by atoms with Crippen LogP contribution in [0.3, 0.4) is 0 Å². The number of carbonyl (C=O) groups excluding carboxylic acids is 1. The molecular formula is C16H13FN2O4. The highest BCUT2D eigenvalue weighted by molar-refractivity contribution is 5.98. The zero-order chi connectivity index (χ0) is 16.4. The molecule has 0 aliphatic heterocycles. The number of aliphatic carboxylic acids is 1. The molecular weight excluding hydrogens is 303 g/mol. The van der Waals surface area contributed by atoms with E-state index < -0.39 is 17.8 Å². The van der Waals surface area contributed by atoms with E-state index in [9.17, 15) is 14.0 Å². The van der Waals surface area contributed by atoms with Gasteiger partial charge in [-0.05, 0) is 36.8 Å². The number of amides is 1. The molecule has 2 aromatic rings. The molecule has 1 fully saturated rings. The molecule has 0 unspecified atom stereocenters. The normalized spacial score (nSPS) is 19.0. The van der Waals surface area contributed by atoms with E-state index in [0.717, 1.165) is 0 Å². The molecule has 1 heterocycles. The van der Waals surface area contributed by atoms with Gasteiger partial charge in [-0.1, -0.05) is 0 Å². The highest BCUT2D eigenvalue weighted by Crippen LogP contribution is 2.39. The van der Waals surface area contributed by atoms with Gasteiger partial charge in [0.25, 0.3) is 0 Å². The molecule has 23 heavy (non-hydrogen) atoms. The summed E-state index contributed by atoms with van der Waals surface area (Å²) in [6.45, 7) is 0. The molecule has 1 amide bonds. The lowest BCUT2D eigenvalue weighted by atomic mass is 10.3. The molecule has 118 valence electrons. The van der Waals surface area contributed by atoms with E-state index in [0.29, 0.717) is 23.7 Å². The number of pyridine rings is 1. The number of benzene rings is 1. The maximum atomic E-state index is 12.8. The van der Waals surface area contributed by atoms with E-state index in [4.69, 9.17) is 9.84 Å². The third-order valence-corrected chi connectivity index (χ3v) is 3.48. The summed E-state index contributed by atoms with van der Waals surface area (Å²) in [5, 5.41) is 11.4. The summed E-state index contributed by atoms with van der Waals surface area (Å²) in [7, 11) is 0. The summed E-state index contributed by atoms with van der Waals surface area (Å²) in [4.78, 5) is 26.6. The number of nitrogens with one attached hydrogen (secondary N) is 1. The minimum absolute atomic E-state index is 0.296. The first-order valence-corrected chi connectivity index (χ1v) is 6.96. The van der Waals surface area contributed by atoms with Gasteiger partial charge >= 0.3 is 5.97 Å². The number of halogens is 1. The Balaban J connectivity index is 1.58. The third kappa shape index (κ3) is 3.63. The van der Waals surface area contributed by atoms with Crippen molar-refractivity contribution < 1.29 is 23.8 Å². The number of aromatic nitrogens is 1. The van der Waals surface area contributed by atoms with Crippen LogP contribution in [0.4, 0.5) is 10.1 Å². The Morgan fingerprint density at radius 3 is 2.48 bits per heavy atom. The van der Waals surface area contributed by atoms with Crippen molar-refractivity contribution in [2.45, 2.75) is 6.42 Å². The zero-order valence-corrected chi connectivity index (χ0v) is 11.9. The third-order valence-electron chi connectivity index (χ3n) is 3.48. The van der Waals surface area contributed by atoms with Gasteiger partial charge in [-0.25, -0.2) is 9.37 Å². The second-order valence-corrected chi connectivity index (χ2v) is 5.22. The molecule has 0 spiro atoms. The minimum atomic E-state index is -0.952. The Hall–Kier alpha value is -2.96. The van der Waals surface area contributed by atoms with Crippen molar-refractivity contribution in [3.8, 4) is 11.6 Å². The average molecular weight is 316 g/mol. The lowest BCUT2D eigenvalue weighted by molar-refractivity contribution is -0.139. The van der Waals surface area contributed by atoms with E-state index in [1.54, 1.807) is 12.1 Å². The fourth-order valence-electron chi connectivity index (χ4n) is 2.13. The van der Waals surface area contributed by atoms with Gasteiger partial charge in [-0.15, -0.1) is 0 Å². The van der Waals surface area contributed by atoms with Crippen molar-refractivity contribution in [2.75, 3.05) is 5.32 Å². The van der Waals surface area contributed by atoms with E-state index in [1.807, 2.05) is 0 Å². The largest absolute Gasteiger partial charge is 0.481 e. The van der Waals surface area contributed by atoms with Gasteiger partial charge in [0.1, 0.15) is 11.6 Å². The lowest BCUT2D eigenvalue weighted by Crippen LogP contribution is -2.16. The van der Waals surface area contributed by atoms with Crippen LogP contribution in [0.2, 0.25) is 0 Å². The predicted octanol–water partition coefficient (Wildman–Crippen LogP) is 2.67. The number of anilines is 1. The van der Waals surface area contributed by atoms with Crippen LogP contribution >= 0.6 is 0 Å². The van der Waals surface area contributed by atoms with Gasteiger partial charge in [0.15, 0.2) is 0 Å². The van der Waals surface area contributed by atoms with Gasteiger partial charge in [-0.3, -0.25) is 9.59 Å². The monoisotopic (exact) mass is 316 g/mol. The minimum Gasteiger partial charge on any atom is -0.481 e. The summed E-state index contributed by atoms with van der Waals surface area (Å²) in [6.07, 6.45) is 1.77. The van der Waals surface area contributed by atoms with E-state index >= 15 is 0 Å². The Morgan fingerprint density at radius 1 is 1.17 bits per heavy atom. The first-order valence-electron chi connectivity index (χ1n) is 6.96. The molecule has 6 nitrogen and oxygen atoms in total. The number of carboxylic acid groups (broad SMARTS) is 1. The molecule has 1 aliphatic rings. The van der Waals surface area contributed by atoms with Crippen molar-refractivity contribution in [1.29, 1.82) is 0 Å². The fourth-order valence-corrected chi connectivity index (χ4v) is 2.13. The topological polar surface area (TPSA) is 88.5 Å². The molecule has 2 atom stereocenters. The number of hydrogen-bond donors (Lipinski definition) is 2. The molecule has 1 aromatic carbocycles. The number of hydrogen-bond acceptors (Lipinski definition) is 4. The van der Waals surface area contributed by atoms with Crippen LogP contribution in [0, 0.1) is 17.7 Å². The summed E-state index contributed by atoms with van der Waals surface area (Å²) in [6, 6.07) is 8.66. The van der Waals surface area contributed by atoms with E-state index in [-0.39, 0.29) is 11.7 Å². The van der Waals surface area contributed by atoms with Gasteiger partial charge in [-0.2, -0.15) is 0 Å². The summed E-state index contributed by atoms with van der Waals surface area (Å²) >= 11 is 0. The number of carbonyl (C=O) groups is 2. The second-order valence-electron chi connectivity index (χ2n) is 5.22. The SMILES string of the molecule is O=C(O)[C@@H]1C[C@H]1C(=O)Nc1ccc(Oc2ccc(F)cc2)nc1. The van der Waals surface area contributed by atoms with Crippen LogP contribution in [0.25, 0.3) is 0 Å². The molecule has 0 radical (unpaired) electrons. The lowest BCUT2D eigenvalue weighted by Gasteiger charge is -2.07. The molecule has 2 N–H and O–H groups in total. The molecule has 1 saturated carbocycles. The summed E-state index contributed by atoms with van der Waals surface area (Å²) < 4.78 is 18.2. The Bertz CT molecular complexity index is 731. The first kappa shape index (κ1) is 15.0. The Morgan fingerprint density at radius 2 is 1.91 bits per heavy atom. The maximum Gasteiger partial charge on any atom is 0.307 e. The molecule has 0 saturated heterocycles. The molecule has 1 aliphatic carbocycles. The predicted molar refractivity (Wildman–Crippen MR) is 78.6 cm³/mol. The van der Waals surface area contributed by atoms with Crippen LogP contribution in [-0.2, 0) is 9.59 Å². The van der Waals surface area contributed by atoms with Crippen molar-refractivity contribution in [2.24, 2.45) is 11.8 Å². The molecule has 7 heteroatoms. The maximum absolute atomic E-state index is 12.8. The zero-order valence-electron chi connectivity index (χ0n) is 11.9. The van der Waals surface area contributed by atoms with Crippen LogP contribution in [-0.4, -0.2) is 22.0 Å². The van der Waals surface area contributed by atoms with Crippen LogP contribution < -0.4 is 10.1 Å². The molecule has 0 bridgehead atoms. The van der Waals surface area contributed by atoms with Gasteiger partial charge in [0.05, 0.1) is 23.7 Å². The van der Waals surface area contributed by atoms with Gasteiger partial charge in [0.2, 0.25) is 11.8 Å². The first-order chi connectivity index (χ1) is 11.0. The van der Waals surface area contributed by atoms with Crippen molar-refractivity contribution >= 4 is 17.6 Å². The standard InChI is InChI=1S/C16H13FN2O4/c17-9-1-4-11(5-2-9)23-14-6-3-10(8-18-14)19-15(20)12-7-13(12)16(21)22/h1-6,8,12-13H,7H2,(H,19,20)(H,21,22)/t12-,13-/m1/s1. The van der Waals surface area contributed by atoms with Gasteiger partial charge in [0, 0.05) is 6.07 Å². The number of carboxylic acids is 1. The van der Waals surface area contributed by atoms with Crippen LogP contribution in [0.5, 0.6) is 11.6 Å². The van der Waals surface area contributed by atoms with Crippen LogP contribution in [0.15, 0.2) is 42.6 Å². The molecule has 3 rings (SSSR count). The smallest absolute Gasteiger partial charge is 0.307 e. The van der Waals surface area contributed by atoms with E-state index in [2.05, 4.69) is 10.3 Å². The van der Waals surface area contributed by atoms with Crippen molar-refractivity contribution in [3.63, 3.8) is 0 Å². The molecule has 1 aromatic heterocycles. The summed E-state index contributed by atoms with van der Waals surface area (Å²) in [5.74, 6) is -1.98. The Kier molecular flexibility index (Phi) is 3.92. The van der Waals surface area contributed by atoms with Crippen molar-refractivity contribution in [1.82, 2.24) is 4.98 Å². The fraction of sp³-hybridized carbons (Fsp3) is 0.188. The summed E-state index contributed by atoms with van der Waals surface area (Å²) in [5.41, 5.74) is 0.456. The number of nitrogens with zero attached hydrogens (tertiary/aromatic N) is 1. The number of rotatable bonds is 5. The number of ether oxygens (including phenoxy) is 1. The van der Waals surface area contributed by atoms with Crippen molar-refractivity contribution in [3.05, 3.63) is 48.4 Å². The quantitative estimate of drug-likeness (QED) is 0.885. The van der Waals surface area contributed by atoms with Crippen LogP contribution in [0.1, 0.15) is 6.42 Å². The highest BCUT2D eigenvalue weighted by Gasteiger charge is 2.48.